The number of hydrogen-bond donors (Lipinski definition) is 1. The maximum Gasteiger partial charge on any atom is 0.302 e. The van der Waals surface area contributed by atoms with Gasteiger partial charge in [-0.2, -0.15) is 4.98 Å². The van der Waals surface area contributed by atoms with Gasteiger partial charge in [0.15, 0.2) is 11.2 Å². The second kappa shape index (κ2) is 6.35. The minimum absolute atomic E-state index is 0.00346. The van der Waals surface area contributed by atoms with Crippen molar-refractivity contribution in [1.82, 2.24) is 19.1 Å². The highest BCUT2D eigenvalue weighted by atomic mass is 16.6. The fourth-order valence-corrected chi connectivity index (χ4v) is 1.85. The van der Waals surface area contributed by atoms with Gasteiger partial charge in [0, 0.05) is 13.8 Å². The molecule has 2 heterocycles. The van der Waals surface area contributed by atoms with E-state index in [1.165, 1.54) is 24.7 Å². The van der Waals surface area contributed by atoms with Crippen molar-refractivity contribution in [3.05, 3.63) is 16.7 Å². The number of nitrogen functional groups attached to an aromatic ring is 1. The van der Waals surface area contributed by atoms with Crippen LogP contribution in [0.3, 0.4) is 0 Å². The lowest BCUT2D eigenvalue weighted by Crippen LogP contribution is -2.29. The Morgan fingerprint density at radius 1 is 1.32 bits per heavy atom. The third-order valence-corrected chi connectivity index (χ3v) is 2.75. The van der Waals surface area contributed by atoms with Gasteiger partial charge in [0.25, 0.3) is 5.56 Å². The molecule has 0 saturated heterocycles. The van der Waals surface area contributed by atoms with Crippen molar-refractivity contribution in [2.24, 2.45) is 0 Å². The molecule has 0 fully saturated rings. The molecular weight excluding hydrogens is 294 g/mol. The van der Waals surface area contributed by atoms with Gasteiger partial charge in [0.1, 0.15) is 13.3 Å². The summed E-state index contributed by atoms with van der Waals surface area (Å²) in [6, 6.07) is 0. The number of anilines is 1. The van der Waals surface area contributed by atoms with E-state index in [0.29, 0.717) is 0 Å². The summed E-state index contributed by atoms with van der Waals surface area (Å²) in [5.74, 6) is -1.16. The second-order valence-corrected chi connectivity index (χ2v) is 4.39. The Morgan fingerprint density at radius 3 is 2.68 bits per heavy atom. The van der Waals surface area contributed by atoms with E-state index >= 15 is 0 Å². The SMILES string of the molecule is CC(=O)OCCOCn1cnc2nc(N)n(C(C)=O)c(=O)c21. The first-order chi connectivity index (χ1) is 10.4. The van der Waals surface area contributed by atoms with E-state index in [9.17, 15) is 14.4 Å². The number of esters is 1. The zero-order valence-corrected chi connectivity index (χ0v) is 12.1. The van der Waals surface area contributed by atoms with Crippen molar-refractivity contribution < 1.29 is 19.1 Å². The summed E-state index contributed by atoms with van der Waals surface area (Å²) in [6.07, 6.45) is 1.36. The molecule has 0 aliphatic rings. The van der Waals surface area contributed by atoms with Crippen LogP contribution < -0.4 is 11.3 Å². The fourth-order valence-electron chi connectivity index (χ4n) is 1.85. The van der Waals surface area contributed by atoms with E-state index in [2.05, 4.69) is 9.97 Å². The molecular formula is C12H15N5O5. The van der Waals surface area contributed by atoms with E-state index in [-0.39, 0.29) is 37.1 Å². The minimum atomic E-state index is -0.615. The molecule has 0 bridgehead atoms. The number of aromatic nitrogens is 4. The number of ether oxygens (including phenoxy) is 2. The molecule has 0 aliphatic heterocycles. The van der Waals surface area contributed by atoms with Gasteiger partial charge in [0.05, 0.1) is 12.9 Å². The van der Waals surface area contributed by atoms with Crippen LogP contribution in [0, 0.1) is 0 Å². The normalized spacial score (nSPS) is 10.8. The Morgan fingerprint density at radius 2 is 2.05 bits per heavy atom. The molecule has 2 N–H and O–H groups in total. The zero-order valence-electron chi connectivity index (χ0n) is 12.1. The van der Waals surface area contributed by atoms with Crippen molar-refractivity contribution in [1.29, 1.82) is 0 Å². The quantitative estimate of drug-likeness (QED) is 0.570. The first-order valence-electron chi connectivity index (χ1n) is 6.37. The van der Waals surface area contributed by atoms with Crippen LogP contribution in [-0.2, 0) is 21.0 Å². The fraction of sp³-hybridized carbons (Fsp3) is 0.417. The summed E-state index contributed by atoms with van der Waals surface area (Å²) in [6.45, 7) is 2.76. The Bertz CT molecular complexity index is 778. The molecule has 0 aromatic carbocycles. The van der Waals surface area contributed by atoms with Crippen molar-refractivity contribution in [3.63, 3.8) is 0 Å². The summed E-state index contributed by atoms with van der Waals surface area (Å²) in [4.78, 5) is 42.2. The molecule has 0 unspecified atom stereocenters. The summed E-state index contributed by atoms with van der Waals surface area (Å²) in [7, 11) is 0. The molecule has 22 heavy (non-hydrogen) atoms. The predicted octanol–water partition coefficient (Wildman–Crippen LogP) is -0.627. The van der Waals surface area contributed by atoms with Gasteiger partial charge < -0.3 is 19.8 Å². The molecule has 10 heteroatoms. The van der Waals surface area contributed by atoms with Gasteiger partial charge in [0.2, 0.25) is 11.9 Å². The first kappa shape index (κ1) is 15.6. The number of hydrogen-bond acceptors (Lipinski definition) is 8. The number of nitrogens with two attached hydrogens (primary N) is 1. The monoisotopic (exact) mass is 309 g/mol. The minimum Gasteiger partial charge on any atom is -0.463 e. The summed E-state index contributed by atoms with van der Waals surface area (Å²) < 4.78 is 12.1. The van der Waals surface area contributed by atoms with E-state index in [0.717, 1.165) is 4.57 Å². The number of rotatable bonds is 5. The average molecular weight is 309 g/mol. The lowest BCUT2D eigenvalue weighted by atomic mass is 10.5. The lowest BCUT2D eigenvalue weighted by molar-refractivity contribution is -0.142. The van der Waals surface area contributed by atoms with Gasteiger partial charge in [-0.3, -0.25) is 14.4 Å². The lowest BCUT2D eigenvalue weighted by Gasteiger charge is -2.08. The van der Waals surface area contributed by atoms with Gasteiger partial charge >= 0.3 is 5.97 Å². The highest BCUT2D eigenvalue weighted by Crippen LogP contribution is 2.08. The molecule has 0 radical (unpaired) electrons. The summed E-state index contributed by atoms with van der Waals surface area (Å²) >= 11 is 0. The maximum atomic E-state index is 12.3. The number of carbonyl (C=O) groups excluding carboxylic acids is 2. The predicted molar refractivity (Wildman–Crippen MR) is 75.1 cm³/mol. The third-order valence-electron chi connectivity index (χ3n) is 2.75. The largest absolute Gasteiger partial charge is 0.463 e. The Labute approximate surface area is 124 Å². The molecule has 2 aromatic rings. The molecule has 118 valence electrons. The van der Waals surface area contributed by atoms with Crippen LogP contribution in [0.15, 0.2) is 11.1 Å². The van der Waals surface area contributed by atoms with Gasteiger partial charge in [-0.15, -0.1) is 0 Å². The van der Waals surface area contributed by atoms with E-state index in [1.807, 2.05) is 0 Å². The Kier molecular flexibility index (Phi) is 4.51. The number of imidazole rings is 1. The van der Waals surface area contributed by atoms with E-state index < -0.39 is 17.4 Å². The highest BCUT2D eigenvalue weighted by Gasteiger charge is 2.16. The number of fused-ring (bicyclic) bond motifs is 1. The topological polar surface area (TPSA) is 131 Å². The first-order valence-corrected chi connectivity index (χ1v) is 6.37. The molecule has 0 aliphatic carbocycles. The third kappa shape index (κ3) is 3.11. The second-order valence-electron chi connectivity index (χ2n) is 4.39. The molecule has 2 rings (SSSR count). The number of nitrogens with zero attached hydrogens (tertiary/aromatic N) is 4. The molecule has 0 atom stereocenters. The van der Waals surface area contributed by atoms with Crippen LogP contribution in [0.5, 0.6) is 0 Å². The Balaban J connectivity index is 2.21. The average Bonchev–Trinajstić information content (AvgIpc) is 2.80. The summed E-state index contributed by atoms with van der Waals surface area (Å²) in [5, 5.41) is 0. The van der Waals surface area contributed by atoms with Crippen molar-refractivity contribution in [2.45, 2.75) is 20.6 Å². The molecule has 10 nitrogen and oxygen atoms in total. The van der Waals surface area contributed by atoms with Crippen LogP contribution in [0.4, 0.5) is 5.95 Å². The van der Waals surface area contributed by atoms with Crippen molar-refractivity contribution in [2.75, 3.05) is 18.9 Å². The van der Waals surface area contributed by atoms with Crippen LogP contribution in [0.1, 0.15) is 18.6 Å². The number of carbonyl (C=O) groups is 2. The smallest absolute Gasteiger partial charge is 0.302 e. The van der Waals surface area contributed by atoms with Gasteiger partial charge in [-0.05, 0) is 0 Å². The van der Waals surface area contributed by atoms with Gasteiger partial charge in [-0.25, -0.2) is 9.55 Å². The standard InChI is InChI=1S/C12H15N5O5/c1-7(18)17-11(20)9-10(15-12(17)13)14-5-16(9)6-21-3-4-22-8(2)19/h5H,3-4,6H2,1-2H3,(H2,13,15). The molecule has 2 aromatic heterocycles. The van der Waals surface area contributed by atoms with Crippen LogP contribution >= 0.6 is 0 Å². The van der Waals surface area contributed by atoms with Crippen molar-refractivity contribution >= 4 is 29.0 Å². The van der Waals surface area contributed by atoms with Crippen LogP contribution in [0.2, 0.25) is 0 Å². The molecule has 0 spiro atoms. The Hall–Kier alpha value is -2.75. The van der Waals surface area contributed by atoms with E-state index in [4.69, 9.17) is 15.2 Å². The van der Waals surface area contributed by atoms with Crippen LogP contribution in [-0.4, -0.2) is 44.2 Å². The van der Waals surface area contributed by atoms with E-state index in [1.54, 1.807) is 0 Å². The van der Waals surface area contributed by atoms with Crippen molar-refractivity contribution in [3.8, 4) is 0 Å². The highest BCUT2D eigenvalue weighted by molar-refractivity contribution is 5.82. The zero-order chi connectivity index (χ0) is 16.3. The maximum absolute atomic E-state index is 12.3. The summed E-state index contributed by atoms with van der Waals surface area (Å²) in [5.41, 5.74) is 5.19. The van der Waals surface area contributed by atoms with Gasteiger partial charge in [-0.1, -0.05) is 0 Å². The molecule has 0 saturated carbocycles. The van der Waals surface area contributed by atoms with Crippen LogP contribution in [0.25, 0.3) is 11.2 Å². The molecule has 0 amide bonds.